The van der Waals surface area contributed by atoms with E-state index in [4.69, 9.17) is 0 Å². The Morgan fingerprint density at radius 2 is 2.07 bits per heavy atom. The zero-order valence-electron chi connectivity index (χ0n) is 10.3. The lowest BCUT2D eigenvalue weighted by Crippen LogP contribution is -2.05. The molecular formula is C13H22BN. The summed E-state index contributed by atoms with van der Waals surface area (Å²) < 4.78 is 0. The van der Waals surface area contributed by atoms with Gasteiger partial charge in [0.2, 0.25) is 0 Å². The maximum Gasteiger partial charge on any atom is 0.141 e. The molecule has 0 spiro atoms. The van der Waals surface area contributed by atoms with Crippen molar-refractivity contribution in [2.24, 2.45) is 0 Å². The van der Waals surface area contributed by atoms with Crippen molar-refractivity contribution in [3.05, 3.63) is 24.0 Å². The summed E-state index contributed by atoms with van der Waals surface area (Å²) in [4.78, 5) is 4.48. The lowest BCUT2D eigenvalue weighted by Gasteiger charge is -2.10. The topological polar surface area (TPSA) is 12.9 Å². The fourth-order valence-corrected chi connectivity index (χ4v) is 1.80. The highest BCUT2D eigenvalue weighted by atomic mass is 14.7. The summed E-state index contributed by atoms with van der Waals surface area (Å²) >= 11 is 0. The van der Waals surface area contributed by atoms with Gasteiger partial charge in [-0.3, -0.25) is 4.98 Å². The van der Waals surface area contributed by atoms with Gasteiger partial charge in [0.1, 0.15) is 7.85 Å². The van der Waals surface area contributed by atoms with Crippen LogP contribution in [0.15, 0.2) is 18.3 Å². The Hall–Kier alpha value is -0.785. The molecule has 0 bridgehead atoms. The van der Waals surface area contributed by atoms with E-state index in [0.717, 1.165) is 0 Å². The van der Waals surface area contributed by atoms with Gasteiger partial charge in [-0.1, -0.05) is 51.1 Å². The Morgan fingerprint density at radius 3 is 2.67 bits per heavy atom. The van der Waals surface area contributed by atoms with E-state index in [1.54, 1.807) is 0 Å². The van der Waals surface area contributed by atoms with Gasteiger partial charge in [0, 0.05) is 11.9 Å². The maximum absolute atomic E-state index is 4.48. The molecule has 1 aromatic rings. The molecule has 15 heavy (non-hydrogen) atoms. The van der Waals surface area contributed by atoms with Gasteiger partial charge in [0.15, 0.2) is 0 Å². The van der Waals surface area contributed by atoms with Gasteiger partial charge >= 0.3 is 0 Å². The normalized spacial score (nSPS) is 12.7. The van der Waals surface area contributed by atoms with Crippen LogP contribution < -0.4 is 5.46 Å². The van der Waals surface area contributed by atoms with E-state index in [1.165, 1.54) is 43.3 Å². The summed E-state index contributed by atoms with van der Waals surface area (Å²) in [6.07, 6.45) is 8.64. The average molecular weight is 203 g/mol. The molecule has 1 nitrogen and oxygen atoms in total. The van der Waals surface area contributed by atoms with Crippen LogP contribution in [-0.4, -0.2) is 12.8 Å². The molecule has 0 aliphatic heterocycles. The SMILES string of the molecule is Bc1ccc(C(C)CCCCCC)nc1. The Labute approximate surface area is 94.7 Å². The summed E-state index contributed by atoms with van der Waals surface area (Å²) in [6.45, 7) is 4.54. The number of hydrogen-bond donors (Lipinski definition) is 0. The molecule has 1 atom stereocenters. The van der Waals surface area contributed by atoms with Crippen molar-refractivity contribution < 1.29 is 0 Å². The van der Waals surface area contributed by atoms with Crippen LogP contribution in [0, 0.1) is 0 Å². The average Bonchev–Trinajstić information content (AvgIpc) is 2.25. The first-order chi connectivity index (χ1) is 7.24. The van der Waals surface area contributed by atoms with Crippen molar-refractivity contribution in [3.63, 3.8) is 0 Å². The molecule has 0 aliphatic carbocycles. The molecule has 0 amide bonds. The predicted octanol–water partition coefficient (Wildman–Crippen LogP) is 2.41. The van der Waals surface area contributed by atoms with Crippen molar-refractivity contribution in [2.45, 2.75) is 51.9 Å². The number of rotatable bonds is 6. The van der Waals surface area contributed by atoms with Gasteiger partial charge in [-0.15, -0.1) is 0 Å². The number of unbranched alkanes of at least 4 members (excludes halogenated alkanes) is 3. The maximum atomic E-state index is 4.48. The van der Waals surface area contributed by atoms with Crippen molar-refractivity contribution >= 4 is 13.3 Å². The van der Waals surface area contributed by atoms with Gasteiger partial charge in [-0.25, -0.2) is 0 Å². The highest BCUT2D eigenvalue weighted by molar-refractivity contribution is 6.31. The lowest BCUT2D eigenvalue weighted by molar-refractivity contribution is 0.572. The van der Waals surface area contributed by atoms with Crippen LogP contribution in [0.3, 0.4) is 0 Å². The number of nitrogens with zero attached hydrogens (tertiary/aromatic N) is 1. The minimum Gasteiger partial charge on any atom is -0.262 e. The Morgan fingerprint density at radius 1 is 1.27 bits per heavy atom. The molecule has 0 saturated heterocycles. The lowest BCUT2D eigenvalue weighted by atomic mass is 9.95. The van der Waals surface area contributed by atoms with Crippen LogP contribution in [0.25, 0.3) is 0 Å². The number of hydrogen-bond acceptors (Lipinski definition) is 1. The minimum absolute atomic E-state index is 0.613. The second-order valence-electron chi connectivity index (χ2n) is 4.51. The van der Waals surface area contributed by atoms with Crippen molar-refractivity contribution in [1.82, 2.24) is 4.98 Å². The van der Waals surface area contributed by atoms with E-state index >= 15 is 0 Å². The van der Waals surface area contributed by atoms with Gasteiger partial charge in [-0.05, 0) is 18.4 Å². The molecule has 1 heterocycles. The smallest absolute Gasteiger partial charge is 0.141 e. The molecule has 1 aromatic heterocycles. The summed E-state index contributed by atoms with van der Waals surface area (Å²) in [5.74, 6) is 0.613. The fraction of sp³-hybridized carbons (Fsp3) is 0.615. The zero-order valence-corrected chi connectivity index (χ0v) is 10.3. The first-order valence-electron chi connectivity index (χ1n) is 6.16. The molecule has 0 radical (unpaired) electrons. The molecular weight excluding hydrogens is 181 g/mol. The molecule has 1 rings (SSSR count). The molecule has 1 unspecified atom stereocenters. The highest BCUT2D eigenvalue weighted by Crippen LogP contribution is 2.19. The third-order valence-electron chi connectivity index (χ3n) is 2.93. The standard InChI is InChI=1S/C13H22BN/c1-3-4-5-6-7-11(2)13-9-8-12(14)10-15-13/h8-11H,3-7,14H2,1-2H3. The van der Waals surface area contributed by atoms with E-state index in [0.29, 0.717) is 5.92 Å². The highest BCUT2D eigenvalue weighted by Gasteiger charge is 2.05. The van der Waals surface area contributed by atoms with Gasteiger partial charge in [-0.2, -0.15) is 0 Å². The first-order valence-corrected chi connectivity index (χ1v) is 6.16. The van der Waals surface area contributed by atoms with Crippen LogP contribution in [0.1, 0.15) is 57.6 Å². The molecule has 82 valence electrons. The molecule has 2 heteroatoms. The van der Waals surface area contributed by atoms with E-state index < -0.39 is 0 Å². The summed E-state index contributed by atoms with van der Waals surface area (Å²) in [7, 11) is 2.09. The van der Waals surface area contributed by atoms with Gasteiger partial charge in [0.05, 0.1) is 0 Å². The molecule has 0 N–H and O–H groups in total. The van der Waals surface area contributed by atoms with Crippen LogP contribution >= 0.6 is 0 Å². The summed E-state index contributed by atoms with van der Waals surface area (Å²) in [6, 6.07) is 4.32. The van der Waals surface area contributed by atoms with Gasteiger partial charge in [0.25, 0.3) is 0 Å². The second kappa shape index (κ2) is 6.65. The molecule has 0 fully saturated rings. The van der Waals surface area contributed by atoms with Crippen LogP contribution in [-0.2, 0) is 0 Å². The van der Waals surface area contributed by atoms with Crippen molar-refractivity contribution in [3.8, 4) is 0 Å². The van der Waals surface area contributed by atoms with E-state index in [1.807, 2.05) is 6.20 Å². The van der Waals surface area contributed by atoms with E-state index in [9.17, 15) is 0 Å². The van der Waals surface area contributed by atoms with Crippen LogP contribution in [0.4, 0.5) is 0 Å². The van der Waals surface area contributed by atoms with Crippen molar-refractivity contribution in [2.75, 3.05) is 0 Å². The Kier molecular flexibility index (Phi) is 5.45. The summed E-state index contributed by atoms with van der Waals surface area (Å²) in [5, 5.41) is 0. The summed E-state index contributed by atoms with van der Waals surface area (Å²) in [5.41, 5.74) is 2.49. The van der Waals surface area contributed by atoms with Crippen LogP contribution in [0.2, 0.25) is 0 Å². The quantitative estimate of drug-likeness (QED) is 0.511. The van der Waals surface area contributed by atoms with E-state index in [-0.39, 0.29) is 0 Å². The predicted molar refractivity (Wildman–Crippen MR) is 69.6 cm³/mol. The Balaban J connectivity index is 2.33. The zero-order chi connectivity index (χ0) is 11.1. The first kappa shape index (κ1) is 12.3. The third-order valence-corrected chi connectivity index (χ3v) is 2.93. The number of aromatic nitrogens is 1. The molecule has 0 aliphatic rings. The van der Waals surface area contributed by atoms with Crippen LogP contribution in [0.5, 0.6) is 0 Å². The third kappa shape index (κ3) is 4.50. The largest absolute Gasteiger partial charge is 0.262 e. The monoisotopic (exact) mass is 203 g/mol. The van der Waals surface area contributed by atoms with E-state index in [2.05, 4.69) is 38.8 Å². The number of pyridine rings is 1. The second-order valence-corrected chi connectivity index (χ2v) is 4.51. The fourth-order valence-electron chi connectivity index (χ4n) is 1.80. The van der Waals surface area contributed by atoms with Gasteiger partial charge < -0.3 is 0 Å². The van der Waals surface area contributed by atoms with Crippen molar-refractivity contribution in [1.29, 1.82) is 0 Å². The molecule has 0 aromatic carbocycles. The minimum atomic E-state index is 0.613. The Bertz CT molecular complexity index is 268. The molecule has 0 saturated carbocycles.